The van der Waals surface area contributed by atoms with E-state index in [4.69, 9.17) is 9.68 Å². The van der Waals surface area contributed by atoms with Gasteiger partial charge in [-0.15, -0.1) is 0 Å². The van der Waals surface area contributed by atoms with Crippen molar-refractivity contribution in [1.29, 1.82) is 0 Å². The molecule has 0 saturated heterocycles. The summed E-state index contributed by atoms with van der Waals surface area (Å²) in [6.45, 7) is 3.74. The van der Waals surface area contributed by atoms with Gasteiger partial charge in [0, 0.05) is 11.4 Å². The fraction of sp³-hybridized carbons (Fsp3) is 0.286. The molecule has 0 aliphatic heterocycles. The first-order chi connectivity index (χ1) is 5.22. The molecule has 1 heterocycles. The Morgan fingerprint density at radius 3 is 2.36 bits per heavy atom. The molecule has 4 heteroatoms. The fourth-order valence-corrected chi connectivity index (χ4v) is 0.925. The molecule has 1 rings (SSSR count). The van der Waals surface area contributed by atoms with Gasteiger partial charge in [0.1, 0.15) is 5.75 Å². The minimum absolute atomic E-state index is 0.609. The summed E-state index contributed by atoms with van der Waals surface area (Å²) in [6, 6.07) is 3.50. The molecular weight excluding hydrogens is 141 g/mol. The number of pyridine rings is 1. The highest BCUT2D eigenvalue weighted by atomic mass is 16.5. The molecule has 0 fully saturated rings. The molecule has 0 aliphatic carbocycles. The van der Waals surface area contributed by atoms with Crippen molar-refractivity contribution >= 4 is 7.69 Å². The van der Waals surface area contributed by atoms with E-state index in [2.05, 4.69) is 4.98 Å². The van der Waals surface area contributed by atoms with Gasteiger partial charge in [-0.05, 0) is 26.0 Å². The SMILES string of the molecule is Cc1cc(O[B]O)cc(C)n1. The van der Waals surface area contributed by atoms with Crippen LogP contribution in [-0.2, 0) is 0 Å². The lowest BCUT2D eigenvalue weighted by atomic mass is 10.3. The summed E-state index contributed by atoms with van der Waals surface area (Å²) in [4.78, 5) is 4.14. The van der Waals surface area contributed by atoms with Gasteiger partial charge in [-0.2, -0.15) is 0 Å². The molecule has 1 N–H and O–H groups in total. The first-order valence-electron chi connectivity index (χ1n) is 3.30. The van der Waals surface area contributed by atoms with Crippen LogP contribution in [0.15, 0.2) is 12.1 Å². The minimum atomic E-state index is 0.609. The van der Waals surface area contributed by atoms with Crippen LogP contribution >= 0.6 is 0 Å². The first-order valence-corrected chi connectivity index (χ1v) is 3.30. The maximum absolute atomic E-state index is 8.33. The predicted octanol–water partition coefficient (Wildman–Crippen LogP) is 0.604. The number of hydrogen-bond acceptors (Lipinski definition) is 3. The summed E-state index contributed by atoms with van der Waals surface area (Å²) >= 11 is 0. The monoisotopic (exact) mass is 150 g/mol. The second kappa shape index (κ2) is 3.39. The number of aromatic nitrogens is 1. The molecule has 0 unspecified atom stereocenters. The Hall–Kier alpha value is -1.03. The van der Waals surface area contributed by atoms with Gasteiger partial charge >= 0.3 is 7.69 Å². The summed E-state index contributed by atoms with van der Waals surface area (Å²) in [5.41, 5.74) is 1.75. The highest BCUT2D eigenvalue weighted by Crippen LogP contribution is 2.12. The van der Waals surface area contributed by atoms with Crippen molar-refractivity contribution in [3.05, 3.63) is 23.5 Å². The Balaban J connectivity index is 2.89. The summed E-state index contributed by atoms with van der Waals surface area (Å²) in [7, 11) is 0.661. The Morgan fingerprint density at radius 2 is 1.91 bits per heavy atom. The smallest absolute Gasteiger partial charge is 0.537 e. The summed E-state index contributed by atoms with van der Waals surface area (Å²) in [6.07, 6.45) is 0. The van der Waals surface area contributed by atoms with Crippen molar-refractivity contribution in [2.75, 3.05) is 0 Å². The molecule has 11 heavy (non-hydrogen) atoms. The maximum Gasteiger partial charge on any atom is 0.569 e. The molecule has 57 valence electrons. The van der Waals surface area contributed by atoms with Crippen LogP contribution in [0.3, 0.4) is 0 Å². The van der Waals surface area contributed by atoms with Crippen molar-refractivity contribution < 1.29 is 9.68 Å². The van der Waals surface area contributed by atoms with Gasteiger partial charge in [-0.1, -0.05) is 0 Å². The van der Waals surface area contributed by atoms with Gasteiger partial charge < -0.3 is 9.68 Å². The highest BCUT2D eigenvalue weighted by molar-refractivity contribution is 6.17. The van der Waals surface area contributed by atoms with Crippen LogP contribution in [0.25, 0.3) is 0 Å². The zero-order valence-corrected chi connectivity index (χ0v) is 6.53. The van der Waals surface area contributed by atoms with Crippen molar-refractivity contribution in [3.8, 4) is 5.75 Å². The molecule has 0 aromatic carbocycles. The molecule has 1 aromatic rings. The number of nitrogens with zero attached hydrogens (tertiary/aromatic N) is 1. The lowest BCUT2D eigenvalue weighted by Crippen LogP contribution is -2.00. The lowest BCUT2D eigenvalue weighted by Gasteiger charge is -2.02. The van der Waals surface area contributed by atoms with E-state index in [1.54, 1.807) is 12.1 Å². The summed E-state index contributed by atoms with van der Waals surface area (Å²) < 4.78 is 4.76. The topological polar surface area (TPSA) is 42.4 Å². The normalized spacial score (nSPS) is 9.36. The van der Waals surface area contributed by atoms with Crippen LogP contribution in [0, 0.1) is 13.8 Å². The zero-order chi connectivity index (χ0) is 8.27. The fourth-order valence-electron chi connectivity index (χ4n) is 0.925. The van der Waals surface area contributed by atoms with E-state index >= 15 is 0 Å². The van der Waals surface area contributed by atoms with E-state index in [0.29, 0.717) is 13.4 Å². The minimum Gasteiger partial charge on any atom is -0.537 e. The standard InChI is InChI=1S/C7H9BNO2/c1-5-3-7(11-8-10)4-6(2)9-5/h3-4,10H,1-2H3. The summed E-state index contributed by atoms with van der Waals surface area (Å²) in [5.74, 6) is 0.609. The molecule has 3 nitrogen and oxygen atoms in total. The van der Waals surface area contributed by atoms with Crippen LogP contribution in [0.2, 0.25) is 0 Å². The second-order valence-electron chi connectivity index (χ2n) is 2.31. The molecular formula is C7H9BNO2. The molecule has 0 saturated carbocycles. The Morgan fingerprint density at radius 1 is 1.36 bits per heavy atom. The largest absolute Gasteiger partial charge is 0.569 e. The predicted molar refractivity (Wildman–Crippen MR) is 42.3 cm³/mol. The van der Waals surface area contributed by atoms with Crippen LogP contribution in [-0.4, -0.2) is 17.7 Å². The van der Waals surface area contributed by atoms with Crippen molar-refractivity contribution in [2.24, 2.45) is 0 Å². The van der Waals surface area contributed by atoms with E-state index < -0.39 is 0 Å². The van der Waals surface area contributed by atoms with Crippen LogP contribution < -0.4 is 4.65 Å². The van der Waals surface area contributed by atoms with E-state index in [9.17, 15) is 0 Å². The maximum atomic E-state index is 8.33. The highest BCUT2D eigenvalue weighted by Gasteiger charge is 1.97. The number of rotatable bonds is 2. The van der Waals surface area contributed by atoms with Crippen LogP contribution in [0.4, 0.5) is 0 Å². The van der Waals surface area contributed by atoms with Crippen molar-refractivity contribution in [1.82, 2.24) is 4.98 Å². The van der Waals surface area contributed by atoms with Gasteiger partial charge in [0.2, 0.25) is 0 Å². The average molecular weight is 150 g/mol. The van der Waals surface area contributed by atoms with E-state index in [0.717, 1.165) is 11.4 Å². The zero-order valence-electron chi connectivity index (χ0n) is 6.53. The molecule has 0 bridgehead atoms. The third kappa shape index (κ3) is 2.24. The first kappa shape index (κ1) is 8.08. The van der Waals surface area contributed by atoms with E-state index in [1.807, 2.05) is 13.8 Å². The third-order valence-electron chi connectivity index (χ3n) is 1.24. The molecule has 1 aromatic heterocycles. The van der Waals surface area contributed by atoms with Gasteiger partial charge in [0.05, 0.1) is 0 Å². The average Bonchev–Trinajstić information content (AvgIpc) is 1.85. The molecule has 0 spiro atoms. The van der Waals surface area contributed by atoms with Crippen LogP contribution in [0.1, 0.15) is 11.4 Å². The van der Waals surface area contributed by atoms with Gasteiger partial charge in [-0.25, -0.2) is 0 Å². The quantitative estimate of drug-likeness (QED) is 0.627. The lowest BCUT2D eigenvalue weighted by molar-refractivity contribution is 0.453. The Kier molecular flexibility index (Phi) is 2.49. The van der Waals surface area contributed by atoms with Crippen molar-refractivity contribution in [2.45, 2.75) is 13.8 Å². The van der Waals surface area contributed by atoms with Crippen molar-refractivity contribution in [3.63, 3.8) is 0 Å². The summed E-state index contributed by atoms with van der Waals surface area (Å²) in [5, 5.41) is 8.33. The van der Waals surface area contributed by atoms with Gasteiger partial charge in [-0.3, -0.25) is 4.98 Å². The van der Waals surface area contributed by atoms with Gasteiger partial charge in [0.15, 0.2) is 0 Å². The number of aryl methyl sites for hydroxylation is 2. The molecule has 0 atom stereocenters. The van der Waals surface area contributed by atoms with Crippen LogP contribution in [0.5, 0.6) is 5.75 Å². The Labute approximate surface area is 66.3 Å². The third-order valence-corrected chi connectivity index (χ3v) is 1.24. The molecule has 0 aliphatic rings. The van der Waals surface area contributed by atoms with E-state index in [1.165, 1.54) is 0 Å². The second-order valence-corrected chi connectivity index (χ2v) is 2.31. The van der Waals surface area contributed by atoms with E-state index in [-0.39, 0.29) is 0 Å². The molecule has 0 amide bonds. The number of hydrogen-bond donors (Lipinski definition) is 1. The Bertz CT molecular complexity index is 232. The molecule has 1 radical (unpaired) electrons. The van der Waals surface area contributed by atoms with Gasteiger partial charge in [0.25, 0.3) is 0 Å².